The van der Waals surface area contributed by atoms with Crippen LogP contribution in [0, 0.1) is 0 Å². The minimum Gasteiger partial charge on any atom is -0.255 e. The highest BCUT2D eigenvalue weighted by Gasteiger charge is 1.97. The van der Waals surface area contributed by atoms with E-state index in [9.17, 15) is 0 Å². The maximum atomic E-state index is 4.17. The minimum atomic E-state index is 0.654. The molecule has 0 saturated carbocycles. The first-order valence-electron chi connectivity index (χ1n) is 4.76. The van der Waals surface area contributed by atoms with Gasteiger partial charge in [-0.15, -0.1) is 0 Å². The van der Waals surface area contributed by atoms with Crippen LogP contribution in [0.15, 0.2) is 85.2 Å². The Bertz CT molecular complexity index is 342. The van der Waals surface area contributed by atoms with Gasteiger partial charge >= 0.3 is 0 Å². The highest BCUT2D eigenvalue weighted by molar-refractivity contribution is 6.50. The summed E-state index contributed by atoms with van der Waals surface area (Å²) in [5, 5.41) is 0. The van der Waals surface area contributed by atoms with Gasteiger partial charge in [-0.3, -0.25) is 9.98 Å². The van der Waals surface area contributed by atoms with Crippen molar-refractivity contribution in [2.24, 2.45) is 9.98 Å². The van der Waals surface area contributed by atoms with Crippen LogP contribution in [0.2, 0.25) is 0 Å². The largest absolute Gasteiger partial charge is 0.255 e. The highest BCUT2D eigenvalue weighted by atomic mass is 14.8. The lowest BCUT2D eigenvalue weighted by molar-refractivity contribution is 1.54. The number of aliphatic imine (C=N–C) groups is 2. The normalized spacial score (nSPS) is 13.0. The van der Waals surface area contributed by atoms with Crippen LogP contribution in [0.25, 0.3) is 0 Å². The first-order chi connectivity index (χ1) is 7.79. The molecule has 0 aromatic heterocycles. The third-order valence-electron chi connectivity index (χ3n) is 1.52. The Balaban J connectivity index is 5.02. The number of allylic oxidation sites excluding steroid dienone is 6. The van der Waals surface area contributed by atoms with E-state index in [1.54, 1.807) is 48.9 Å². The van der Waals surface area contributed by atoms with E-state index < -0.39 is 0 Å². The Morgan fingerprint density at radius 1 is 0.688 bits per heavy atom. The molecular weight excluding hydrogens is 196 g/mol. The third kappa shape index (κ3) is 5.50. The molecule has 0 amide bonds. The van der Waals surface area contributed by atoms with Gasteiger partial charge in [0, 0.05) is 12.4 Å². The number of nitrogens with zero attached hydrogens (tertiary/aromatic N) is 2. The van der Waals surface area contributed by atoms with Crippen molar-refractivity contribution in [2.75, 3.05) is 0 Å². The average molecular weight is 212 g/mol. The van der Waals surface area contributed by atoms with E-state index in [0.717, 1.165) is 0 Å². The van der Waals surface area contributed by atoms with Crippen molar-refractivity contribution in [2.45, 2.75) is 0 Å². The highest BCUT2D eigenvalue weighted by Crippen LogP contribution is 1.93. The minimum absolute atomic E-state index is 0.654. The van der Waals surface area contributed by atoms with Gasteiger partial charge in [0.05, 0.1) is 11.4 Å². The van der Waals surface area contributed by atoms with Gasteiger partial charge in [0.2, 0.25) is 0 Å². The van der Waals surface area contributed by atoms with Crippen molar-refractivity contribution in [3.63, 3.8) is 0 Å². The maximum absolute atomic E-state index is 4.17. The molecule has 0 aliphatic heterocycles. The fraction of sp³-hybridized carbons (Fsp3) is 0. The molecule has 0 atom stereocenters. The Kier molecular flexibility index (Phi) is 8.04. The summed E-state index contributed by atoms with van der Waals surface area (Å²) in [5.41, 5.74) is 1.31. The van der Waals surface area contributed by atoms with Crippen LogP contribution in [0.5, 0.6) is 0 Å². The molecule has 2 nitrogen and oxygen atoms in total. The van der Waals surface area contributed by atoms with Crippen molar-refractivity contribution < 1.29 is 0 Å². The van der Waals surface area contributed by atoms with Crippen molar-refractivity contribution in [3.05, 3.63) is 75.2 Å². The molecule has 0 heterocycles. The fourth-order valence-corrected chi connectivity index (χ4v) is 0.815. The van der Waals surface area contributed by atoms with E-state index in [-0.39, 0.29) is 0 Å². The molecule has 0 radical (unpaired) electrons. The quantitative estimate of drug-likeness (QED) is 0.454. The van der Waals surface area contributed by atoms with Crippen LogP contribution in [-0.2, 0) is 0 Å². The topological polar surface area (TPSA) is 24.7 Å². The maximum Gasteiger partial charge on any atom is 0.0879 e. The predicted octanol–water partition coefficient (Wildman–Crippen LogP) is 3.64. The Morgan fingerprint density at radius 3 is 1.31 bits per heavy atom. The number of hydrogen-bond donors (Lipinski definition) is 0. The standard InChI is InChI=1S/C14H16N2/c1-5-9-11-15-13(7-3)14(8-4)16-12-10-6-2/h5-12H,1-4H2/b11-9-,12-10-,15-13?,16-14?. The summed E-state index contributed by atoms with van der Waals surface area (Å²) in [4.78, 5) is 8.33. The Labute approximate surface area is 97.1 Å². The van der Waals surface area contributed by atoms with E-state index in [4.69, 9.17) is 0 Å². The monoisotopic (exact) mass is 212 g/mol. The summed E-state index contributed by atoms with van der Waals surface area (Å²) in [7, 11) is 0. The second-order valence-electron chi connectivity index (χ2n) is 2.59. The zero-order valence-electron chi connectivity index (χ0n) is 9.34. The van der Waals surface area contributed by atoms with Gasteiger partial charge in [-0.1, -0.05) is 38.5 Å². The fourth-order valence-electron chi connectivity index (χ4n) is 0.815. The van der Waals surface area contributed by atoms with Crippen molar-refractivity contribution in [1.82, 2.24) is 0 Å². The van der Waals surface area contributed by atoms with Gasteiger partial charge in [-0.05, 0) is 24.3 Å². The zero-order chi connectivity index (χ0) is 12.2. The molecule has 0 aromatic carbocycles. The first kappa shape index (κ1) is 13.8. The Morgan fingerprint density at radius 2 is 1.06 bits per heavy atom. The van der Waals surface area contributed by atoms with Crippen LogP contribution in [-0.4, -0.2) is 11.4 Å². The molecular formula is C14H16N2. The zero-order valence-corrected chi connectivity index (χ0v) is 9.34. The molecule has 0 rings (SSSR count). The smallest absolute Gasteiger partial charge is 0.0879 e. The second kappa shape index (κ2) is 9.34. The van der Waals surface area contributed by atoms with Gasteiger partial charge in [-0.2, -0.15) is 0 Å². The van der Waals surface area contributed by atoms with Gasteiger partial charge < -0.3 is 0 Å². The SMILES string of the molecule is C=C/C=C\N=C(C=C)C(C=C)=N/C=C\C=C. The van der Waals surface area contributed by atoms with Crippen LogP contribution < -0.4 is 0 Å². The van der Waals surface area contributed by atoms with Gasteiger partial charge in [-0.25, -0.2) is 0 Å². The van der Waals surface area contributed by atoms with Crippen molar-refractivity contribution >= 4 is 11.4 Å². The molecule has 0 saturated heterocycles. The summed E-state index contributed by atoms with van der Waals surface area (Å²) >= 11 is 0. The molecule has 0 aromatic rings. The Hall–Kier alpha value is -2.22. The van der Waals surface area contributed by atoms with Crippen LogP contribution >= 0.6 is 0 Å². The molecule has 0 spiro atoms. The van der Waals surface area contributed by atoms with E-state index in [1.165, 1.54) is 0 Å². The van der Waals surface area contributed by atoms with Gasteiger partial charge in [0.15, 0.2) is 0 Å². The van der Waals surface area contributed by atoms with E-state index in [0.29, 0.717) is 11.4 Å². The molecule has 0 unspecified atom stereocenters. The molecule has 0 aliphatic carbocycles. The summed E-state index contributed by atoms with van der Waals surface area (Å²) in [5.74, 6) is 0. The molecule has 0 fully saturated rings. The van der Waals surface area contributed by atoms with E-state index >= 15 is 0 Å². The molecule has 0 N–H and O–H groups in total. The summed E-state index contributed by atoms with van der Waals surface area (Å²) in [6, 6.07) is 0. The van der Waals surface area contributed by atoms with E-state index in [2.05, 4.69) is 36.3 Å². The molecule has 2 heteroatoms. The third-order valence-corrected chi connectivity index (χ3v) is 1.52. The van der Waals surface area contributed by atoms with Crippen molar-refractivity contribution in [1.29, 1.82) is 0 Å². The second-order valence-corrected chi connectivity index (χ2v) is 2.59. The molecule has 0 aliphatic rings. The average Bonchev–Trinajstić information content (AvgIpc) is 2.31. The number of rotatable bonds is 7. The van der Waals surface area contributed by atoms with Crippen LogP contribution in [0.4, 0.5) is 0 Å². The van der Waals surface area contributed by atoms with Gasteiger partial charge in [0.1, 0.15) is 0 Å². The first-order valence-corrected chi connectivity index (χ1v) is 4.76. The van der Waals surface area contributed by atoms with E-state index in [1.807, 2.05) is 0 Å². The lowest BCUT2D eigenvalue weighted by atomic mass is 10.2. The number of hydrogen-bond acceptors (Lipinski definition) is 2. The van der Waals surface area contributed by atoms with Crippen LogP contribution in [0.3, 0.4) is 0 Å². The van der Waals surface area contributed by atoms with Crippen molar-refractivity contribution in [3.8, 4) is 0 Å². The van der Waals surface area contributed by atoms with Crippen LogP contribution in [0.1, 0.15) is 0 Å². The molecule has 16 heavy (non-hydrogen) atoms. The summed E-state index contributed by atoms with van der Waals surface area (Å²) in [6.07, 6.45) is 13.2. The lowest BCUT2D eigenvalue weighted by Crippen LogP contribution is -2.07. The van der Waals surface area contributed by atoms with Gasteiger partial charge in [0.25, 0.3) is 0 Å². The lowest BCUT2D eigenvalue weighted by Gasteiger charge is -1.97. The predicted molar refractivity (Wildman–Crippen MR) is 73.9 cm³/mol. The summed E-state index contributed by atoms with van der Waals surface area (Å²) in [6.45, 7) is 14.5. The summed E-state index contributed by atoms with van der Waals surface area (Å²) < 4.78 is 0. The molecule has 82 valence electrons. The molecule has 0 bridgehead atoms.